The second-order valence-electron chi connectivity index (χ2n) is 3.34. The summed E-state index contributed by atoms with van der Waals surface area (Å²) in [4.78, 5) is 0. The zero-order valence-corrected chi connectivity index (χ0v) is 8.16. The van der Waals surface area contributed by atoms with Crippen LogP contribution in [-0.4, -0.2) is 26.2 Å². The molecule has 0 radical (unpaired) electrons. The van der Waals surface area contributed by atoms with Crippen LogP contribution in [-0.2, 0) is 0 Å². The molecule has 0 aliphatic carbocycles. The van der Waals surface area contributed by atoms with Crippen LogP contribution in [0.1, 0.15) is 12.8 Å². The zero-order valence-electron chi connectivity index (χ0n) is 7.41. The number of nitrogens with one attached hydrogen (secondary N) is 2. The molecule has 2 nitrogen and oxygen atoms in total. The van der Waals surface area contributed by atoms with Crippen molar-refractivity contribution in [1.29, 1.82) is 0 Å². The summed E-state index contributed by atoms with van der Waals surface area (Å²) in [5, 5.41) is 7.34. The summed E-state index contributed by atoms with van der Waals surface area (Å²) in [7, 11) is 0. The molecule has 0 amide bonds. The fourth-order valence-electron chi connectivity index (χ4n) is 1.50. The van der Waals surface area contributed by atoms with E-state index in [1.165, 1.54) is 12.8 Å². The number of rotatable bonds is 4. The standard InChI is InChI=1S/C9H17ClN2/c1-8(10)6-12-7-9-2-4-11-5-3-9/h9,11-12H,1-7H2. The predicted molar refractivity (Wildman–Crippen MR) is 53.5 cm³/mol. The Morgan fingerprint density at radius 3 is 2.75 bits per heavy atom. The lowest BCUT2D eigenvalue weighted by Gasteiger charge is -2.22. The summed E-state index contributed by atoms with van der Waals surface area (Å²) in [6, 6.07) is 0. The van der Waals surface area contributed by atoms with E-state index in [2.05, 4.69) is 17.2 Å². The van der Waals surface area contributed by atoms with Crippen LogP contribution in [0, 0.1) is 5.92 Å². The van der Waals surface area contributed by atoms with Crippen LogP contribution < -0.4 is 10.6 Å². The maximum Gasteiger partial charge on any atom is 0.0307 e. The molecule has 12 heavy (non-hydrogen) atoms. The maximum atomic E-state index is 5.63. The van der Waals surface area contributed by atoms with Gasteiger partial charge in [0.15, 0.2) is 0 Å². The minimum absolute atomic E-state index is 0.698. The summed E-state index contributed by atoms with van der Waals surface area (Å²) < 4.78 is 0. The van der Waals surface area contributed by atoms with Gasteiger partial charge in [0.25, 0.3) is 0 Å². The average Bonchev–Trinajstić information content (AvgIpc) is 2.05. The lowest BCUT2D eigenvalue weighted by Crippen LogP contribution is -2.33. The summed E-state index contributed by atoms with van der Waals surface area (Å²) >= 11 is 5.63. The Morgan fingerprint density at radius 1 is 1.50 bits per heavy atom. The Morgan fingerprint density at radius 2 is 2.17 bits per heavy atom. The lowest BCUT2D eigenvalue weighted by atomic mass is 9.98. The molecule has 0 aromatic heterocycles. The van der Waals surface area contributed by atoms with Gasteiger partial charge in [0.1, 0.15) is 0 Å². The molecule has 2 N–H and O–H groups in total. The fraction of sp³-hybridized carbons (Fsp3) is 0.778. The van der Waals surface area contributed by atoms with Crippen LogP contribution >= 0.6 is 11.6 Å². The van der Waals surface area contributed by atoms with E-state index in [0.717, 1.165) is 32.1 Å². The number of halogens is 1. The third-order valence-electron chi connectivity index (χ3n) is 2.21. The monoisotopic (exact) mass is 188 g/mol. The Balaban J connectivity index is 2.01. The van der Waals surface area contributed by atoms with E-state index in [1.807, 2.05) is 0 Å². The van der Waals surface area contributed by atoms with E-state index >= 15 is 0 Å². The molecule has 70 valence electrons. The van der Waals surface area contributed by atoms with Crippen molar-refractivity contribution in [1.82, 2.24) is 10.6 Å². The van der Waals surface area contributed by atoms with Crippen molar-refractivity contribution in [3.8, 4) is 0 Å². The van der Waals surface area contributed by atoms with E-state index in [-0.39, 0.29) is 0 Å². The van der Waals surface area contributed by atoms with Crippen LogP contribution in [0.25, 0.3) is 0 Å². The highest BCUT2D eigenvalue weighted by Gasteiger charge is 2.11. The molecule has 0 atom stereocenters. The highest BCUT2D eigenvalue weighted by molar-refractivity contribution is 6.29. The van der Waals surface area contributed by atoms with Gasteiger partial charge in [-0.2, -0.15) is 0 Å². The Bertz CT molecular complexity index is 141. The van der Waals surface area contributed by atoms with Crippen molar-refractivity contribution in [2.24, 2.45) is 5.92 Å². The second kappa shape index (κ2) is 5.57. The normalized spacial score (nSPS) is 19.4. The smallest absolute Gasteiger partial charge is 0.0307 e. The van der Waals surface area contributed by atoms with E-state index in [4.69, 9.17) is 11.6 Å². The highest BCUT2D eigenvalue weighted by Crippen LogP contribution is 2.09. The van der Waals surface area contributed by atoms with Crippen LogP contribution in [0.4, 0.5) is 0 Å². The molecular formula is C9H17ClN2. The zero-order chi connectivity index (χ0) is 8.81. The van der Waals surface area contributed by atoms with Crippen LogP contribution in [0.5, 0.6) is 0 Å². The molecule has 1 aliphatic heterocycles. The minimum Gasteiger partial charge on any atom is -0.317 e. The SMILES string of the molecule is C=C(Cl)CNCC1CCNCC1. The fourth-order valence-corrected chi connectivity index (χ4v) is 1.59. The van der Waals surface area contributed by atoms with Crippen LogP contribution in [0.3, 0.4) is 0 Å². The number of hydrogen-bond acceptors (Lipinski definition) is 2. The van der Waals surface area contributed by atoms with Gasteiger partial charge >= 0.3 is 0 Å². The lowest BCUT2D eigenvalue weighted by molar-refractivity contribution is 0.361. The third kappa shape index (κ3) is 4.10. The van der Waals surface area contributed by atoms with Gasteiger partial charge in [-0.1, -0.05) is 18.2 Å². The second-order valence-corrected chi connectivity index (χ2v) is 3.88. The summed E-state index contributed by atoms with van der Waals surface area (Å²) in [6.45, 7) is 7.77. The summed E-state index contributed by atoms with van der Waals surface area (Å²) in [5.41, 5.74) is 0. The first kappa shape index (κ1) is 10.0. The highest BCUT2D eigenvalue weighted by atomic mass is 35.5. The van der Waals surface area contributed by atoms with E-state index in [1.54, 1.807) is 0 Å². The van der Waals surface area contributed by atoms with Gasteiger partial charge in [-0.3, -0.25) is 0 Å². The molecule has 0 unspecified atom stereocenters. The van der Waals surface area contributed by atoms with Crippen molar-refractivity contribution in [2.75, 3.05) is 26.2 Å². The molecule has 1 heterocycles. The first-order valence-electron chi connectivity index (χ1n) is 4.54. The molecule has 1 aliphatic rings. The van der Waals surface area contributed by atoms with Gasteiger partial charge < -0.3 is 10.6 Å². The first-order chi connectivity index (χ1) is 5.79. The van der Waals surface area contributed by atoms with Gasteiger partial charge in [0.2, 0.25) is 0 Å². The number of hydrogen-bond donors (Lipinski definition) is 2. The van der Waals surface area contributed by atoms with Crippen molar-refractivity contribution >= 4 is 11.6 Å². The Labute approximate surface area is 79.4 Å². The van der Waals surface area contributed by atoms with Crippen molar-refractivity contribution < 1.29 is 0 Å². The molecule has 0 aromatic carbocycles. The molecule has 1 saturated heterocycles. The minimum atomic E-state index is 0.698. The topological polar surface area (TPSA) is 24.1 Å². The molecule has 1 fully saturated rings. The predicted octanol–water partition coefficient (Wildman–Crippen LogP) is 1.33. The molecule has 0 bridgehead atoms. The van der Waals surface area contributed by atoms with Gasteiger partial charge in [0.05, 0.1) is 0 Å². The van der Waals surface area contributed by atoms with E-state index in [9.17, 15) is 0 Å². The molecule has 0 spiro atoms. The van der Waals surface area contributed by atoms with Crippen LogP contribution in [0.15, 0.2) is 11.6 Å². The van der Waals surface area contributed by atoms with Crippen molar-refractivity contribution in [2.45, 2.75) is 12.8 Å². The van der Waals surface area contributed by atoms with Gasteiger partial charge in [0, 0.05) is 11.6 Å². The summed E-state index contributed by atoms with van der Waals surface area (Å²) in [5.74, 6) is 0.822. The van der Waals surface area contributed by atoms with Gasteiger partial charge in [-0.25, -0.2) is 0 Å². The molecule has 1 rings (SSSR count). The average molecular weight is 189 g/mol. The largest absolute Gasteiger partial charge is 0.317 e. The molecule has 0 saturated carbocycles. The quantitative estimate of drug-likeness (QED) is 0.696. The molecule has 0 aromatic rings. The van der Waals surface area contributed by atoms with Crippen molar-refractivity contribution in [3.63, 3.8) is 0 Å². The Hall–Kier alpha value is -0.0500. The Kier molecular flexibility index (Phi) is 4.66. The van der Waals surface area contributed by atoms with E-state index < -0.39 is 0 Å². The molecule has 3 heteroatoms. The van der Waals surface area contributed by atoms with Gasteiger partial charge in [-0.05, 0) is 38.4 Å². The summed E-state index contributed by atoms with van der Waals surface area (Å²) in [6.07, 6.45) is 2.56. The third-order valence-corrected chi connectivity index (χ3v) is 2.34. The number of piperidine rings is 1. The first-order valence-corrected chi connectivity index (χ1v) is 4.91. The van der Waals surface area contributed by atoms with E-state index in [0.29, 0.717) is 5.03 Å². The maximum absolute atomic E-state index is 5.63. The van der Waals surface area contributed by atoms with Gasteiger partial charge in [-0.15, -0.1) is 0 Å². The molecular weight excluding hydrogens is 172 g/mol. The van der Waals surface area contributed by atoms with Crippen molar-refractivity contribution in [3.05, 3.63) is 11.6 Å². The van der Waals surface area contributed by atoms with Crippen LogP contribution in [0.2, 0.25) is 0 Å².